The van der Waals surface area contributed by atoms with Gasteiger partial charge in [-0.1, -0.05) is 23.1 Å². The highest BCUT2D eigenvalue weighted by Gasteiger charge is 2.50. The first-order valence-corrected chi connectivity index (χ1v) is 7.24. The highest BCUT2D eigenvalue weighted by atomic mass is 32.2. The molecule has 7 heteroatoms. The summed E-state index contributed by atoms with van der Waals surface area (Å²) in [6.07, 6.45) is 1.98. The van der Waals surface area contributed by atoms with Gasteiger partial charge in [0.05, 0.1) is 0 Å². The normalized spacial score (nSPS) is 18.9. The van der Waals surface area contributed by atoms with Gasteiger partial charge in [-0.3, -0.25) is 4.79 Å². The highest BCUT2D eigenvalue weighted by molar-refractivity contribution is 8.01. The van der Waals surface area contributed by atoms with Crippen LogP contribution in [0, 0.1) is 12.8 Å². The minimum absolute atomic E-state index is 0.242. The molecule has 0 spiro atoms. The number of thioether (sulfide) groups is 1. The molecule has 1 unspecified atom stereocenters. The number of aliphatic carboxylic acids is 1. The Bertz CT molecular complexity index is 419. The molecule has 0 saturated heterocycles. The molecule has 0 bridgehead atoms. The predicted molar refractivity (Wildman–Crippen MR) is 67.5 cm³/mol. The van der Waals surface area contributed by atoms with Crippen LogP contribution in [0.25, 0.3) is 0 Å². The molecule has 1 atom stereocenters. The third-order valence-electron chi connectivity index (χ3n) is 3.03. The van der Waals surface area contributed by atoms with Crippen molar-refractivity contribution in [2.75, 3.05) is 12.8 Å². The van der Waals surface area contributed by atoms with Crippen LogP contribution in [0.4, 0.5) is 0 Å². The van der Waals surface area contributed by atoms with E-state index in [4.69, 9.17) is 0 Å². The number of rotatable bonds is 6. The van der Waals surface area contributed by atoms with Crippen molar-refractivity contribution in [3.63, 3.8) is 0 Å². The lowest BCUT2D eigenvalue weighted by Crippen LogP contribution is -2.54. The second kappa shape index (κ2) is 4.91. The number of hydrogen-bond acceptors (Lipinski definition) is 6. The lowest BCUT2D eigenvalue weighted by molar-refractivity contribution is -0.144. The van der Waals surface area contributed by atoms with Gasteiger partial charge in [0.25, 0.3) is 0 Å². The fraction of sp³-hybridized carbons (Fsp3) is 0.700. The molecule has 0 amide bonds. The van der Waals surface area contributed by atoms with E-state index in [2.05, 4.69) is 15.5 Å². The first-order chi connectivity index (χ1) is 8.08. The Morgan fingerprint density at radius 1 is 1.65 bits per heavy atom. The lowest BCUT2D eigenvalue weighted by Gasteiger charge is -2.28. The molecule has 2 N–H and O–H groups in total. The van der Waals surface area contributed by atoms with E-state index in [1.165, 1.54) is 23.1 Å². The summed E-state index contributed by atoms with van der Waals surface area (Å²) in [6.45, 7) is 1.89. The van der Waals surface area contributed by atoms with Crippen molar-refractivity contribution in [1.29, 1.82) is 0 Å². The van der Waals surface area contributed by atoms with Crippen molar-refractivity contribution < 1.29 is 9.90 Å². The Morgan fingerprint density at radius 2 is 2.35 bits per heavy atom. The molecule has 0 aliphatic heterocycles. The van der Waals surface area contributed by atoms with Crippen molar-refractivity contribution in [1.82, 2.24) is 15.5 Å². The largest absolute Gasteiger partial charge is 0.480 e. The zero-order chi connectivity index (χ0) is 12.5. The van der Waals surface area contributed by atoms with Crippen molar-refractivity contribution in [3.8, 4) is 0 Å². The molecule has 0 aromatic carbocycles. The Balaban J connectivity index is 2.05. The average molecular weight is 273 g/mol. The van der Waals surface area contributed by atoms with Gasteiger partial charge in [0, 0.05) is 5.75 Å². The number of aryl methyl sites for hydroxylation is 1. The summed E-state index contributed by atoms with van der Waals surface area (Å²) in [5.74, 6) is -0.0271. The molecule has 1 aromatic heterocycles. The van der Waals surface area contributed by atoms with Crippen molar-refractivity contribution >= 4 is 29.1 Å². The Morgan fingerprint density at radius 3 is 2.76 bits per heavy atom. The standard InChI is InChI=1S/C10H15N3O2S2/c1-6-12-13-9(17-6)16-5-10(11-2,8(14)15)7-3-4-7/h7,11H,3-5H2,1-2H3,(H,14,15). The van der Waals surface area contributed by atoms with Gasteiger partial charge in [-0.15, -0.1) is 10.2 Å². The maximum atomic E-state index is 11.5. The first-order valence-electron chi connectivity index (χ1n) is 5.43. The van der Waals surface area contributed by atoms with Gasteiger partial charge in [0.2, 0.25) is 0 Å². The average Bonchev–Trinajstić information content (AvgIpc) is 3.04. The highest BCUT2D eigenvalue weighted by Crippen LogP contribution is 2.42. The second-order valence-corrected chi connectivity index (χ2v) is 6.58. The van der Waals surface area contributed by atoms with E-state index in [9.17, 15) is 9.90 Å². The lowest BCUT2D eigenvalue weighted by atomic mass is 9.96. The van der Waals surface area contributed by atoms with E-state index in [1.54, 1.807) is 7.05 Å². The predicted octanol–water partition coefficient (Wildman–Crippen LogP) is 1.39. The monoisotopic (exact) mass is 273 g/mol. The first kappa shape index (κ1) is 12.8. The molecule has 5 nitrogen and oxygen atoms in total. The molecule has 1 aromatic rings. The number of aromatic nitrogens is 2. The van der Waals surface area contributed by atoms with E-state index in [-0.39, 0.29) is 5.92 Å². The third kappa shape index (κ3) is 2.61. The van der Waals surface area contributed by atoms with Crippen LogP contribution >= 0.6 is 23.1 Å². The van der Waals surface area contributed by atoms with Crippen LogP contribution in [0.2, 0.25) is 0 Å². The molecule has 17 heavy (non-hydrogen) atoms. The zero-order valence-electron chi connectivity index (χ0n) is 9.77. The summed E-state index contributed by atoms with van der Waals surface area (Å²) in [5.41, 5.74) is -0.815. The van der Waals surface area contributed by atoms with Gasteiger partial charge < -0.3 is 10.4 Å². The molecule has 1 fully saturated rings. The number of likely N-dealkylation sites (N-methyl/N-ethyl adjacent to an activating group) is 1. The summed E-state index contributed by atoms with van der Waals surface area (Å²) >= 11 is 2.97. The maximum absolute atomic E-state index is 11.5. The molecule has 1 heterocycles. The number of carboxylic acids is 1. The van der Waals surface area contributed by atoms with Crippen LogP contribution in [0.1, 0.15) is 17.8 Å². The van der Waals surface area contributed by atoms with Crippen LogP contribution in [-0.2, 0) is 4.79 Å². The number of nitrogens with one attached hydrogen (secondary N) is 1. The summed E-state index contributed by atoms with van der Waals surface area (Å²) in [5, 5.41) is 21.2. The molecule has 1 aliphatic carbocycles. The van der Waals surface area contributed by atoms with Gasteiger partial charge in [0.15, 0.2) is 4.34 Å². The number of nitrogens with zero attached hydrogens (tertiary/aromatic N) is 2. The van der Waals surface area contributed by atoms with Crippen molar-refractivity contribution in [2.24, 2.45) is 5.92 Å². The van der Waals surface area contributed by atoms with Crippen LogP contribution in [-0.4, -0.2) is 39.6 Å². The van der Waals surface area contributed by atoms with E-state index in [0.29, 0.717) is 5.75 Å². The minimum atomic E-state index is -0.815. The van der Waals surface area contributed by atoms with Crippen LogP contribution in [0.15, 0.2) is 4.34 Å². The topological polar surface area (TPSA) is 75.1 Å². The smallest absolute Gasteiger partial charge is 0.325 e. The quantitative estimate of drug-likeness (QED) is 0.763. The van der Waals surface area contributed by atoms with E-state index in [0.717, 1.165) is 22.2 Å². The fourth-order valence-corrected chi connectivity index (χ4v) is 3.97. The Hall–Kier alpha value is -0.660. The van der Waals surface area contributed by atoms with Gasteiger partial charge >= 0.3 is 5.97 Å². The molecular formula is C10H15N3O2S2. The molecule has 94 valence electrons. The van der Waals surface area contributed by atoms with Crippen molar-refractivity contribution in [3.05, 3.63) is 5.01 Å². The molecule has 1 saturated carbocycles. The fourth-order valence-electron chi connectivity index (χ4n) is 1.83. The van der Waals surface area contributed by atoms with Gasteiger partial charge in [-0.05, 0) is 32.7 Å². The summed E-state index contributed by atoms with van der Waals surface area (Å²) in [4.78, 5) is 11.5. The Kier molecular flexibility index (Phi) is 3.70. The maximum Gasteiger partial charge on any atom is 0.325 e. The Labute approximate surface area is 108 Å². The molecule has 0 radical (unpaired) electrons. The van der Waals surface area contributed by atoms with Crippen molar-refractivity contribution in [2.45, 2.75) is 29.6 Å². The number of carbonyl (C=O) groups is 1. The van der Waals surface area contributed by atoms with Gasteiger partial charge in [-0.2, -0.15) is 0 Å². The third-order valence-corrected chi connectivity index (χ3v) is 5.20. The summed E-state index contributed by atoms with van der Waals surface area (Å²) in [7, 11) is 1.72. The zero-order valence-corrected chi connectivity index (χ0v) is 11.4. The van der Waals surface area contributed by atoms with Gasteiger partial charge in [0.1, 0.15) is 10.5 Å². The van der Waals surface area contributed by atoms with Crippen LogP contribution in [0.3, 0.4) is 0 Å². The SMILES string of the molecule is CNC(CSc1nnc(C)s1)(C(=O)O)C1CC1. The van der Waals surface area contributed by atoms with Gasteiger partial charge in [-0.25, -0.2) is 0 Å². The summed E-state index contributed by atoms with van der Waals surface area (Å²) < 4.78 is 0.837. The number of hydrogen-bond donors (Lipinski definition) is 2. The second-order valence-electron chi connectivity index (χ2n) is 4.18. The van der Waals surface area contributed by atoms with Crippen LogP contribution < -0.4 is 5.32 Å². The minimum Gasteiger partial charge on any atom is -0.480 e. The van der Waals surface area contributed by atoms with E-state index in [1.807, 2.05) is 6.92 Å². The number of carboxylic acid groups (broad SMARTS) is 1. The van der Waals surface area contributed by atoms with E-state index < -0.39 is 11.5 Å². The molecular weight excluding hydrogens is 258 g/mol. The summed E-state index contributed by atoms with van der Waals surface area (Å²) in [6, 6.07) is 0. The van der Waals surface area contributed by atoms with Crippen LogP contribution in [0.5, 0.6) is 0 Å². The molecule has 2 rings (SSSR count). The van der Waals surface area contributed by atoms with E-state index >= 15 is 0 Å². The molecule has 1 aliphatic rings.